The van der Waals surface area contributed by atoms with E-state index in [2.05, 4.69) is 20.1 Å². The first-order valence-corrected chi connectivity index (χ1v) is 13.9. The average molecular weight is 583 g/mol. The number of amides is 1. The first-order chi connectivity index (χ1) is 20.1. The molecule has 8 nitrogen and oxygen atoms in total. The molecule has 0 radical (unpaired) electrons. The number of aromatic nitrogens is 1. The number of halogens is 3. The van der Waals surface area contributed by atoms with Crippen molar-refractivity contribution < 1.29 is 32.6 Å². The van der Waals surface area contributed by atoms with Gasteiger partial charge in [-0.1, -0.05) is 12.1 Å². The van der Waals surface area contributed by atoms with Crippen LogP contribution in [0, 0.1) is 5.92 Å². The van der Waals surface area contributed by atoms with E-state index in [1.165, 1.54) is 12.1 Å². The number of likely N-dealkylation sites (tertiary alicyclic amines) is 1. The van der Waals surface area contributed by atoms with Crippen LogP contribution in [0.5, 0.6) is 0 Å². The van der Waals surface area contributed by atoms with Crippen molar-refractivity contribution in [3.05, 3.63) is 77.5 Å². The Morgan fingerprint density at radius 3 is 2.31 bits per heavy atom. The Bertz CT molecular complexity index is 1410. The minimum Gasteiger partial charge on any atom is -0.481 e. The van der Waals surface area contributed by atoms with E-state index in [1.807, 2.05) is 12.1 Å². The fourth-order valence-electron chi connectivity index (χ4n) is 5.57. The van der Waals surface area contributed by atoms with Gasteiger partial charge in [-0.3, -0.25) is 14.5 Å². The molecular weight excluding hydrogens is 549 g/mol. The summed E-state index contributed by atoms with van der Waals surface area (Å²) in [4.78, 5) is 33.0. The largest absolute Gasteiger partial charge is 0.481 e. The predicted molar refractivity (Wildman–Crippen MR) is 152 cm³/mol. The maximum atomic E-state index is 13.1. The number of nitrogens with one attached hydrogen (secondary N) is 1. The van der Waals surface area contributed by atoms with E-state index >= 15 is 0 Å². The molecule has 0 spiro atoms. The third-order valence-corrected chi connectivity index (χ3v) is 8.05. The number of hydrogen-bond acceptors (Lipinski definition) is 6. The van der Waals surface area contributed by atoms with Crippen LogP contribution in [0.15, 0.2) is 60.8 Å². The zero-order valence-electron chi connectivity index (χ0n) is 23.2. The predicted octanol–water partition coefficient (Wildman–Crippen LogP) is 5.54. The number of carbonyl (C=O) groups excluding carboxylic acids is 1. The Morgan fingerprint density at radius 1 is 1.02 bits per heavy atom. The highest BCUT2D eigenvalue weighted by Crippen LogP contribution is 2.33. The fourth-order valence-corrected chi connectivity index (χ4v) is 5.57. The Morgan fingerprint density at radius 2 is 1.71 bits per heavy atom. The summed E-state index contributed by atoms with van der Waals surface area (Å²) >= 11 is 0. The first kappa shape index (κ1) is 29.5. The van der Waals surface area contributed by atoms with Gasteiger partial charge in [0, 0.05) is 62.8 Å². The lowest BCUT2D eigenvalue weighted by atomic mass is 9.96. The zero-order chi connectivity index (χ0) is 29.9. The molecule has 2 aliphatic rings. The highest BCUT2D eigenvalue weighted by Gasteiger charge is 2.30. The number of carboxylic acids is 1. The van der Waals surface area contributed by atoms with Crippen LogP contribution in [-0.2, 0) is 22.3 Å². The molecule has 1 amide bonds. The van der Waals surface area contributed by atoms with E-state index in [0.29, 0.717) is 55.0 Å². The summed E-state index contributed by atoms with van der Waals surface area (Å²) in [6, 6.07) is 13.9. The minimum atomic E-state index is -4.42. The molecule has 2 aromatic carbocycles. The van der Waals surface area contributed by atoms with Crippen molar-refractivity contribution >= 4 is 23.4 Å². The van der Waals surface area contributed by atoms with Gasteiger partial charge in [-0.2, -0.15) is 13.2 Å². The molecule has 3 heterocycles. The molecular formula is C31H33F3N4O4. The lowest BCUT2D eigenvalue weighted by Crippen LogP contribution is -2.36. The number of alkyl halides is 3. The van der Waals surface area contributed by atoms with Crippen LogP contribution < -0.4 is 10.2 Å². The van der Waals surface area contributed by atoms with Gasteiger partial charge in [0.1, 0.15) is 5.82 Å². The van der Waals surface area contributed by atoms with Gasteiger partial charge in [0.05, 0.1) is 17.6 Å². The molecule has 0 aliphatic carbocycles. The van der Waals surface area contributed by atoms with Crippen molar-refractivity contribution in [3.8, 4) is 11.1 Å². The first-order valence-electron chi connectivity index (χ1n) is 13.9. The summed E-state index contributed by atoms with van der Waals surface area (Å²) in [7, 11) is 1.68. The number of benzene rings is 2. The van der Waals surface area contributed by atoms with Gasteiger partial charge >= 0.3 is 12.1 Å². The van der Waals surface area contributed by atoms with Crippen LogP contribution in [0.1, 0.15) is 40.7 Å². The van der Waals surface area contributed by atoms with Crippen molar-refractivity contribution in [2.24, 2.45) is 5.92 Å². The second-order valence-corrected chi connectivity index (χ2v) is 10.8. The third kappa shape index (κ3) is 6.91. The SMILES string of the molecule is CO[C@H]1CCN(Cc2cc(NC(=O)c3ccc(N4CCC(C(=O)O)CC4)cc3)ncc2-c2ccc(C(F)(F)F)cc2)C1. The topological polar surface area (TPSA) is 95.0 Å². The molecule has 2 fully saturated rings. The molecule has 2 N–H and O–H groups in total. The maximum Gasteiger partial charge on any atom is 0.416 e. The summed E-state index contributed by atoms with van der Waals surface area (Å²) < 4.78 is 44.8. The Hall–Kier alpha value is -3.96. The van der Waals surface area contributed by atoms with Crippen LogP contribution in [-0.4, -0.2) is 66.3 Å². The standard InChI is InChI=1S/C31H33F3N4O4/c1-42-26-12-13-37(19-26)18-23-16-28(35-17-27(23)20-2-6-24(7-3-20)31(32,33)34)36-29(39)21-4-8-25(9-5-21)38-14-10-22(11-15-38)30(40)41/h2-9,16-17,22,26H,10-15,18-19H2,1H3,(H,40,41)(H,35,36,39)/t26-/m0/s1. The number of pyridine rings is 1. The molecule has 5 rings (SSSR count). The summed E-state index contributed by atoms with van der Waals surface area (Å²) in [6.45, 7) is 3.35. The summed E-state index contributed by atoms with van der Waals surface area (Å²) in [5.41, 5.74) is 2.78. The van der Waals surface area contributed by atoms with Crippen molar-refractivity contribution in [1.82, 2.24) is 9.88 Å². The lowest BCUT2D eigenvalue weighted by Gasteiger charge is -2.32. The fraction of sp³-hybridized carbons (Fsp3) is 0.387. The molecule has 222 valence electrons. The molecule has 2 saturated heterocycles. The van der Waals surface area contributed by atoms with Gasteiger partial charge in [-0.05, 0) is 72.9 Å². The number of anilines is 2. The number of hydrogen-bond donors (Lipinski definition) is 2. The Kier molecular flexibility index (Phi) is 8.79. The van der Waals surface area contributed by atoms with Crippen LogP contribution in [0.25, 0.3) is 11.1 Å². The normalized spacial score (nSPS) is 18.3. The van der Waals surface area contributed by atoms with Gasteiger partial charge in [-0.25, -0.2) is 4.98 Å². The third-order valence-electron chi connectivity index (χ3n) is 8.05. The Labute approximate surface area is 242 Å². The molecule has 3 aromatic rings. The van der Waals surface area contributed by atoms with Crippen molar-refractivity contribution in [2.45, 2.75) is 38.1 Å². The van der Waals surface area contributed by atoms with Crippen LogP contribution >= 0.6 is 0 Å². The average Bonchev–Trinajstić information content (AvgIpc) is 3.44. The highest BCUT2D eigenvalue weighted by molar-refractivity contribution is 6.04. The summed E-state index contributed by atoms with van der Waals surface area (Å²) in [5.74, 6) is -1.08. The number of carboxylic acid groups (broad SMARTS) is 1. The number of carbonyl (C=O) groups is 2. The van der Waals surface area contributed by atoms with E-state index < -0.39 is 17.7 Å². The highest BCUT2D eigenvalue weighted by atomic mass is 19.4. The number of rotatable bonds is 8. The van der Waals surface area contributed by atoms with Crippen molar-refractivity contribution in [3.63, 3.8) is 0 Å². The smallest absolute Gasteiger partial charge is 0.416 e. The van der Waals surface area contributed by atoms with Gasteiger partial charge in [0.25, 0.3) is 5.91 Å². The number of nitrogens with zero attached hydrogens (tertiary/aromatic N) is 3. The molecule has 42 heavy (non-hydrogen) atoms. The summed E-state index contributed by atoms with van der Waals surface area (Å²) in [6.07, 6.45) is -0.675. The van der Waals surface area contributed by atoms with E-state index in [4.69, 9.17) is 4.74 Å². The second-order valence-electron chi connectivity index (χ2n) is 10.8. The van der Waals surface area contributed by atoms with Crippen LogP contribution in [0.2, 0.25) is 0 Å². The maximum absolute atomic E-state index is 13.1. The summed E-state index contributed by atoms with van der Waals surface area (Å²) in [5, 5.41) is 12.1. The zero-order valence-corrected chi connectivity index (χ0v) is 23.2. The van der Waals surface area contributed by atoms with E-state index in [9.17, 15) is 27.9 Å². The van der Waals surface area contributed by atoms with Crippen molar-refractivity contribution in [1.29, 1.82) is 0 Å². The molecule has 11 heteroatoms. The number of aliphatic carboxylic acids is 1. The lowest BCUT2D eigenvalue weighted by molar-refractivity contribution is -0.142. The van der Waals surface area contributed by atoms with Crippen molar-refractivity contribution in [2.75, 3.05) is 43.5 Å². The van der Waals surface area contributed by atoms with Gasteiger partial charge in [0.2, 0.25) is 0 Å². The molecule has 1 atom stereocenters. The van der Waals surface area contributed by atoms with E-state index in [-0.39, 0.29) is 17.9 Å². The molecule has 1 aromatic heterocycles. The Balaban J connectivity index is 1.32. The quantitative estimate of drug-likeness (QED) is 0.360. The molecule has 2 aliphatic heterocycles. The minimum absolute atomic E-state index is 0.118. The van der Waals surface area contributed by atoms with Gasteiger partial charge in [0.15, 0.2) is 0 Å². The molecule has 0 bridgehead atoms. The van der Waals surface area contributed by atoms with Crippen LogP contribution in [0.4, 0.5) is 24.7 Å². The molecule has 0 saturated carbocycles. The molecule has 0 unspecified atom stereocenters. The van der Waals surface area contributed by atoms with Gasteiger partial charge < -0.3 is 20.1 Å². The number of ether oxygens (including phenoxy) is 1. The van der Waals surface area contributed by atoms with Gasteiger partial charge in [-0.15, -0.1) is 0 Å². The van der Waals surface area contributed by atoms with E-state index in [1.54, 1.807) is 31.5 Å². The number of methoxy groups -OCH3 is 1. The second kappa shape index (κ2) is 12.5. The monoisotopic (exact) mass is 582 g/mol. The van der Waals surface area contributed by atoms with E-state index in [0.717, 1.165) is 42.9 Å². The van der Waals surface area contributed by atoms with Crippen LogP contribution in [0.3, 0.4) is 0 Å². The number of piperidine rings is 1.